The molecule has 0 fully saturated rings. The minimum absolute atomic E-state index is 0.750. The molecule has 1 heterocycles. The summed E-state index contributed by atoms with van der Waals surface area (Å²) in [5.41, 5.74) is 1.85. The van der Waals surface area contributed by atoms with Gasteiger partial charge in [-0.2, -0.15) is 0 Å². The maximum absolute atomic E-state index is 10.9. The molecule has 0 N–H and O–H groups in total. The van der Waals surface area contributed by atoms with Crippen LogP contribution in [0.3, 0.4) is 0 Å². The quantitative estimate of drug-likeness (QED) is 0.565. The van der Waals surface area contributed by atoms with E-state index >= 15 is 0 Å². The highest BCUT2D eigenvalue weighted by Gasteiger charge is 2.05. The molecule has 80 valence electrons. The molecule has 1 aromatic carbocycles. The van der Waals surface area contributed by atoms with Crippen LogP contribution in [0, 0.1) is 11.8 Å². The average Bonchev–Trinajstić information content (AvgIpc) is 2.68. The van der Waals surface area contributed by atoms with Gasteiger partial charge in [-0.1, -0.05) is 18.2 Å². The van der Waals surface area contributed by atoms with Gasteiger partial charge in [0.15, 0.2) is 6.29 Å². The molecule has 0 bridgehead atoms. The first-order chi connectivity index (χ1) is 7.86. The van der Waals surface area contributed by atoms with E-state index in [1.807, 2.05) is 37.4 Å². The molecule has 0 aliphatic carbocycles. The van der Waals surface area contributed by atoms with Crippen LogP contribution in [0.2, 0.25) is 0 Å². The topological polar surface area (TPSA) is 22.0 Å². The van der Waals surface area contributed by atoms with Gasteiger partial charge < -0.3 is 4.57 Å². The van der Waals surface area contributed by atoms with Crippen molar-refractivity contribution in [3.63, 3.8) is 0 Å². The number of hydrogen-bond acceptors (Lipinski definition) is 1. The van der Waals surface area contributed by atoms with E-state index in [4.69, 9.17) is 0 Å². The third kappa shape index (κ3) is 1.85. The third-order valence-electron chi connectivity index (χ3n) is 2.60. The van der Waals surface area contributed by atoms with Gasteiger partial charge in [0.25, 0.3) is 0 Å². The lowest BCUT2D eigenvalue weighted by atomic mass is 10.2. The Kier molecular flexibility index (Phi) is 3.07. The van der Waals surface area contributed by atoms with Gasteiger partial charge in [-0.3, -0.25) is 4.79 Å². The largest absolute Gasteiger partial charge is 0.346 e. The first kappa shape index (κ1) is 10.5. The summed E-state index contributed by atoms with van der Waals surface area (Å²) in [6.07, 6.45) is 3.62. The summed E-state index contributed by atoms with van der Waals surface area (Å²) in [4.78, 5) is 10.9. The average molecular weight is 211 g/mol. The van der Waals surface area contributed by atoms with Gasteiger partial charge in [0, 0.05) is 35.6 Å². The van der Waals surface area contributed by atoms with Crippen molar-refractivity contribution in [2.75, 3.05) is 0 Å². The van der Waals surface area contributed by atoms with E-state index in [-0.39, 0.29) is 0 Å². The van der Waals surface area contributed by atoms with Gasteiger partial charge >= 0.3 is 0 Å². The number of hydrogen-bond donors (Lipinski definition) is 0. The second kappa shape index (κ2) is 4.67. The van der Waals surface area contributed by atoms with Gasteiger partial charge in [-0.25, -0.2) is 0 Å². The number of rotatable bonds is 3. The molecule has 0 spiro atoms. The molecule has 0 saturated heterocycles. The number of para-hydroxylation sites is 1. The monoisotopic (exact) mass is 211 g/mol. The predicted octanol–water partition coefficient (Wildman–Crippen LogP) is 2.87. The van der Waals surface area contributed by atoms with Crippen LogP contribution in [0.1, 0.15) is 23.7 Å². The van der Waals surface area contributed by atoms with Crippen LogP contribution in [-0.4, -0.2) is 10.9 Å². The lowest BCUT2D eigenvalue weighted by molar-refractivity contribution is 0.112. The van der Waals surface area contributed by atoms with Crippen LogP contribution in [0.4, 0.5) is 0 Å². The van der Waals surface area contributed by atoms with Crippen LogP contribution < -0.4 is 0 Å². The van der Waals surface area contributed by atoms with Crippen molar-refractivity contribution < 1.29 is 4.79 Å². The minimum atomic E-state index is 0.750. The van der Waals surface area contributed by atoms with E-state index in [0.29, 0.717) is 0 Å². The van der Waals surface area contributed by atoms with E-state index in [2.05, 4.69) is 16.4 Å². The first-order valence-electron chi connectivity index (χ1n) is 5.29. The number of carbonyl (C=O) groups excluding carboxylic acids is 1. The zero-order chi connectivity index (χ0) is 11.4. The Balaban J connectivity index is 2.43. The summed E-state index contributed by atoms with van der Waals surface area (Å²) in [6.45, 7) is 2.67. The second-order valence-corrected chi connectivity index (χ2v) is 3.59. The van der Waals surface area contributed by atoms with Crippen molar-refractivity contribution in [3.8, 4) is 11.8 Å². The standard InChI is InChI=1S/C14H13NO/c1-2-3-6-9-15-10-12(11-16)13-7-4-5-8-14(13)15/h4-5,7-8,10-11H,6,9H2,1H3. The molecule has 2 aromatic rings. The van der Waals surface area contributed by atoms with Crippen molar-refractivity contribution in [2.45, 2.75) is 19.9 Å². The van der Waals surface area contributed by atoms with E-state index in [0.717, 1.165) is 35.7 Å². The number of fused-ring (bicyclic) bond motifs is 1. The minimum Gasteiger partial charge on any atom is -0.346 e. The molecule has 2 nitrogen and oxygen atoms in total. The van der Waals surface area contributed by atoms with Crippen LogP contribution in [-0.2, 0) is 6.54 Å². The number of nitrogens with zero attached hydrogens (tertiary/aromatic N) is 1. The summed E-state index contributed by atoms with van der Waals surface area (Å²) < 4.78 is 2.09. The summed E-state index contributed by atoms with van der Waals surface area (Å²) in [6, 6.07) is 7.94. The molecule has 0 aliphatic heterocycles. The Hall–Kier alpha value is -2.01. The van der Waals surface area contributed by atoms with Crippen molar-refractivity contribution in [3.05, 3.63) is 36.0 Å². The highest BCUT2D eigenvalue weighted by atomic mass is 16.1. The lowest BCUT2D eigenvalue weighted by Crippen LogP contribution is -1.94. The molecular formula is C14H13NO. The molecule has 1 aromatic heterocycles. The van der Waals surface area contributed by atoms with Crippen molar-refractivity contribution in [2.24, 2.45) is 0 Å². The van der Waals surface area contributed by atoms with Crippen molar-refractivity contribution in [1.29, 1.82) is 0 Å². The maximum atomic E-state index is 10.9. The number of benzene rings is 1. The number of aromatic nitrogens is 1. The Labute approximate surface area is 94.9 Å². The summed E-state index contributed by atoms with van der Waals surface area (Å²) in [7, 11) is 0. The summed E-state index contributed by atoms with van der Waals surface area (Å²) in [5, 5.41) is 1.02. The fourth-order valence-electron chi connectivity index (χ4n) is 1.86. The Bertz CT molecular complexity index is 569. The Morgan fingerprint density at radius 1 is 1.38 bits per heavy atom. The normalized spacial score (nSPS) is 9.81. The molecule has 2 heteroatoms. The van der Waals surface area contributed by atoms with E-state index in [1.165, 1.54) is 0 Å². The van der Waals surface area contributed by atoms with Gasteiger partial charge in [0.05, 0.1) is 0 Å². The van der Waals surface area contributed by atoms with E-state index in [1.54, 1.807) is 0 Å². The SMILES string of the molecule is CC#CCCn1cc(C=O)c2ccccc21. The fraction of sp³-hybridized carbons (Fsp3) is 0.214. The van der Waals surface area contributed by atoms with Crippen LogP contribution in [0.15, 0.2) is 30.5 Å². The first-order valence-corrected chi connectivity index (χ1v) is 5.29. The molecule has 0 radical (unpaired) electrons. The van der Waals surface area contributed by atoms with Crippen LogP contribution >= 0.6 is 0 Å². The van der Waals surface area contributed by atoms with E-state index in [9.17, 15) is 4.79 Å². The lowest BCUT2D eigenvalue weighted by Gasteiger charge is -2.00. The molecule has 0 unspecified atom stereocenters. The molecule has 0 aliphatic rings. The Morgan fingerprint density at radius 2 is 2.19 bits per heavy atom. The molecule has 0 atom stereocenters. The second-order valence-electron chi connectivity index (χ2n) is 3.59. The number of aryl methyl sites for hydroxylation is 1. The maximum Gasteiger partial charge on any atom is 0.152 e. The molecule has 0 amide bonds. The summed E-state index contributed by atoms with van der Waals surface area (Å²) >= 11 is 0. The fourth-order valence-corrected chi connectivity index (χ4v) is 1.86. The van der Waals surface area contributed by atoms with Gasteiger partial charge in [-0.15, -0.1) is 11.8 Å². The zero-order valence-electron chi connectivity index (χ0n) is 9.23. The van der Waals surface area contributed by atoms with Crippen LogP contribution in [0.5, 0.6) is 0 Å². The number of carbonyl (C=O) groups is 1. The molecule has 2 rings (SSSR count). The highest BCUT2D eigenvalue weighted by Crippen LogP contribution is 2.19. The molecule has 0 saturated carbocycles. The van der Waals surface area contributed by atoms with Crippen molar-refractivity contribution in [1.82, 2.24) is 4.57 Å². The predicted molar refractivity (Wildman–Crippen MR) is 65.4 cm³/mol. The van der Waals surface area contributed by atoms with Gasteiger partial charge in [0.2, 0.25) is 0 Å². The zero-order valence-corrected chi connectivity index (χ0v) is 9.23. The molecular weight excluding hydrogens is 198 g/mol. The summed E-state index contributed by atoms with van der Waals surface area (Å²) in [5.74, 6) is 5.90. The van der Waals surface area contributed by atoms with Gasteiger partial charge in [0.1, 0.15) is 0 Å². The Morgan fingerprint density at radius 3 is 2.94 bits per heavy atom. The third-order valence-corrected chi connectivity index (χ3v) is 2.60. The number of aldehydes is 1. The van der Waals surface area contributed by atoms with Crippen molar-refractivity contribution >= 4 is 17.2 Å². The highest BCUT2D eigenvalue weighted by molar-refractivity contribution is 5.97. The van der Waals surface area contributed by atoms with E-state index < -0.39 is 0 Å². The smallest absolute Gasteiger partial charge is 0.152 e. The van der Waals surface area contributed by atoms with Crippen LogP contribution in [0.25, 0.3) is 10.9 Å². The van der Waals surface area contributed by atoms with Gasteiger partial charge in [-0.05, 0) is 13.0 Å². The molecule has 16 heavy (non-hydrogen) atoms.